The van der Waals surface area contributed by atoms with Crippen LogP contribution in [-0.2, 0) is 11.2 Å². The molecule has 2 N–H and O–H groups in total. The summed E-state index contributed by atoms with van der Waals surface area (Å²) in [6.07, 6.45) is 3.94. The largest absolute Gasteiger partial charge is 0.396 e. The van der Waals surface area contributed by atoms with E-state index >= 15 is 0 Å². The van der Waals surface area contributed by atoms with Crippen molar-refractivity contribution in [1.82, 2.24) is 5.32 Å². The predicted octanol–water partition coefficient (Wildman–Crippen LogP) is 3.20. The third-order valence-electron chi connectivity index (χ3n) is 2.81. The van der Waals surface area contributed by atoms with Gasteiger partial charge in [-0.1, -0.05) is 42.1 Å². The van der Waals surface area contributed by atoms with Crippen LogP contribution >= 0.6 is 23.2 Å². The smallest absolute Gasteiger partial charge is 0.224 e. The molecule has 0 bridgehead atoms. The van der Waals surface area contributed by atoms with Crippen LogP contribution < -0.4 is 5.32 Å². The summed E-state index contributed by atoms with van der Waals surface area (Å²) in [5.74, 6) is -0.0721. The highest BCUT2D eigenvalue weighted by atomic mass is 35.5. The average molecular weight is 304 g/mol. The predicted molar refractivity (Wildman–Crippen MR) is 78.7 cm³/mol. The molecule has 0 radical (unpaired) electrons. The van der Waals surface area contributed by atoms with Gasteiger partial charge in [-0.2, -0.15) is 0 Å². The van der Waals surface area contributed by atoms with E-state index in [0.29, 0.717) is 22.2 Å². The Morgan fingerprint density at radius 3 is 2.37 bits per heavy atom. The van der Waals surface area contributed by atoms with Crippen LogP contribution in [0.5, 0.6) is 0 Å². The van der Waals surface area contributed by atoms with E-state index in [4.69, 9.17) is 28.3 Å². The molecular formula is C14H19Cl2NO2. The third-order valence-corrected chi connectivity index (χ3v) is 3.51. The molecule has 0 aromatic heterocycles. The van der Waals surface area contributed by atoms with Gasteiger partial charge in [0, 0.05) is 23.2 Å². The highest BCUT2D eigenvalue weighted by Crippen LogP contribution is 2.24. The van der Waals surface area contributed by atoms with Gasteiger partial charge in [0.1, 0.15) is 0 Å². The second-order valence-electron chi connectivity index (χ2n) is 4.36. The standard InChI is InChI=1S/C14H19Cl2NO2/c15-12-6-5-7-13(16)11(12)10-14(19)17-8-3-1-2-4-9-18/h5-7,18H,1-4,8-10H2,(H,17,19). The molecule has 3 nitrogen and oxygen atoms in total. The summed E-state index contributed by atoms with van der Waals surface area (Å²) in [6.45, 7) is 0.879. The van der Waals surface area contributed by atoms with Gasteiger partial charge in [-0.25, -0.2) is 0 Å². The molecule has 1 aromatic rings. The lowest BCUT2D eigenvalue weighted by Crippen LogP contribution is -2.26. The maximum absolute atomic E-state index is 11.7. The monoisotopic (exact) mass is 303 g/mol. The van der Waals surface area contributed by atoms with Gasteiger partial charge in [0.2, 0.25) is 5.91 Å². The molecule has 0 fully saturated rings. The Morgan fingerprint density at radius 2 is 1.74 bits per heavy atom. The van der Waals surface area contributed by atoms with Gasteiger partial charge in [-0.3, -0.25) is 4.79 Å². The first kappa shape index (κ1) is 16.3. The number of halogens is 2. The quantitative estimate of drug-likeness (QED) is 0.725. The fraction of sp³-hybridized carbons (Fsp3) is 0.500. The zero-order chi connectivity index (χ0) is 14.1. The second-order valence-corrected chi connectivity index (χ2v) is 5.18. The van der Waals surface area contributed by atoms with Crippen molar-refractivity contribution >= 4 is 29.1 Å². The first-order valence-electron chi connectivity index (χ1n) is 6.45. The molecule has 0 heterocycles. The molecule has 0 aliphatic heterocycles. The minimum Gasteiger partial charge on any atom is -0.396 e. The first-order chi connectivity index (χ1) is 9.15. The van der Waals surface area contributed by atoms with Crippen molar-refractivity contribution < 1.29 is 9.90 Å². The molecule has 5 heteroatoms. The van der Waals surface area contributed by atoms with Crippen LogP contribution in [-0.4, -0.2) is 24.2 Å². The van der Waals surface area contributed by atoms with E-state index in [2.05, 4.69) is 5.32 Å². The number of hydrogen-bond acceptors (Lipinski definition) is 2. The maximum atomic E-state index is 11.7. The number of unbranched alkanes of at least 4 members (excludes halogenated alkanes) is 3. The molecule has 0 atom stereocenters. The van der Waals surface area contributed by atoms with Crippen molar-refractivity contribution in [2.75, 3.05) is 13.2 Å². The van der Waals surface area contributed by atoms with Crippen molar-refractivity contribution in [1.29, 1.82) is 0 Å². The summed E-state index contributed by atoms with van der Waals surface area (Å²) in [4.78, 5) is 11.7. The Bertz CT molecular complexity index is 390. The fourth-order valence-electron chi connectivity index (χ4n) is 1.74. The summed E-state index contributed by atoms with van der Waals surface area (Å²) < 4.78 is 0. The second kappa shape index (κ2) is 9.18. The van der Waals surface area contributed by atoms with Crippen molar-refractivity contribution in [2.45, 2.75) is 32.1 Å². The van der Waals surface area contributed by atoms with E-state index in [9.17, 15) is 4.79 Å². The zero-order valence-electron chi connectivity index (χ0n) is 10.8. The minimum atomic E-state index is -0.0721. The van der Waals surface area contributed by atoms with Gasteiger partial charge in [0.05, 0.1) is 6.42 Å². The van der Waals surface area contributed by atoms with Crippen LogP contribution in [0, 0.1) is 0 Å². The minimum absolute atomic E-state index is 0.0721. The van der Waals surface area contributed by atoms with Crippen LogP contribution in [0.3, 0.4) is 0 Å². The number of aliphatic hydroxyl groups excluding tert-OH is 1. The van der Waals surface area contributed by atoms with E-state index in [1.54, 1.807) is 18.2 Å². The molecule has 1 rings (SSSR count). The Kier molecular flexibility index (Phi) is 7.87. The lowest BCUT2D eigenvalue weighted by molar-refractivity contribution is -0.120. The number of aliphatic hydroxyl groups is 1. The Hall–Kier alpha value is -0.770. The van der Waals surface area contributed by atoms with Crippen LogP contribution in [0.15, 0.2) is 18.2 Å². The molecule has 1 amide bonds. The normalized spacial score (nSPS) is 10.5. The van der Waals surface area contributed by atoms with Crippen molar-refractivity contribution in [2.24, 2.45) is 0 Å². The topological polar surface area (TPSA) is 49.3 Å². The molecule has 0 saturated heterocycles. The average Bonchev–Trinajstić information content (AvgIpc) is 2.38. The SMILES string of the molecule is O=C(Cc1c(Cl)cccc1Cl)NCCCCCCO. The highest BCUT2D eigenvalue weighted by molar-refractivity contribution is 6.36. The van der Waals surface area contributed by atoms with E-state index in [0.717, 1.165) is 25.7 Å². The maximum Gasteiger partial charge on any atom is 0.224 e. The number of benzene rings is 1. The number of carbonyl (C=O) groups is 1. The van der Waals surface area contributed by atoms with Crippen molar-refractivity contribution in [3.63, 3.8) is 0 Å². The van der Waals surface area contributed by atoms with Crippen molar-refractivity contribution in [3.8, 4) is 0 Å². The summed E-state index contributed by atoms with van der Waals surface area (Å²) in [6, 6.07) is 5.21. The lowest BCUT2D eigenvalue weighted by atomic mass is 10.1. The molecule has 0 saturated carbocycles. The van der Waals surface area contributed by atoms with Gasteiger partial charge >= 0.3 is 0 Å². The van der Waals surface area contributed by atoms with E-state index in [1.165, 1.54) is 0 Å². The third kappa shape index (κ3) is 6.28. The molecule has 0 unspecified atom stereocenters. The molecular weight excluding hydrogens is 285 g/mol. The number of rotatable bonds is 8. The van der Waals surface area contributed by atoms with Crippen LogP contribution in [0.1, 0.15) is 31.2 Å². The van der Waals surface area contributed by atoms with E-state index in [1.807, 2.05) is 0 Å². The molecule has 0 spiro atoms. The number of hydrogen-bond donors (Lipinski definition) is 2. The van der Waals surface area contributed by atoms with Gasteiger partial charge < -0.3 is 10.4 Å². The summed E-state index contributed by atoms with van der Waals surface area (Å²) >= 11 is 12.0. The summed E-state index contributed by atoms with van der Waals surface area (Å²) in [7, 11) is 0. The van der Waals surface area contributed by atoms with E-state index < -0.39 is 0 Å². The number of nitrogens with one attached hydrogen (secondary N) is 1. The zero-order valence-corrected chi connectivity index (χ0v) is 12.3. The number of carbonyl (C=O) groups excluding carboxylic acids is 1. The van der Waals surface area contributed by atoms with Crippen LogP contribution in [0.4, 0.5) is 0 Å². The van der Waals surface area contributed by atoms with Crippen molar-refractivity contribution in [3.05, 3.63) is 33.8 Å². The molecule has 0 aliphatic rings. The lowest BCUT2D eigenvalue weighted by Gasteiger charge is -2.08. The highest BCUT2D eigenvalue weighted by Gasteiger charge is 2.10. The Morgan fingerprint density at radius 1 is 1.11 bits per heavy atom. The first-order valence-corrected chi connectivity index (χ1v) is 7.21. The van der Waals surface area contributed by atoms with Gasteiger partial charge in [-0.15, -0.1) is 0 Å². The molecule has 106 valence electrons. The van der Waals surface area contributed by atoms with Gasteiger partial charge in [0.15, 0.2) is 0 Å². The molecule has 1 aromatic carbocycles. The summed E-state index contributed by atoms with van der Waals surface area (Å²) in [5, 5.41) is 12.5. The number of amides is 1. The Labute approximate surface area is 123 Å². The fourth-order valence-corrected chi connectivity index (χ4v) is 2.27. The molecule has 19 heavy (non-hydrogen) atoms. The van der Waals surface area contributed by atoms with Gasteiger partial charge in [-0.05, 0) is 30.5 Å². The van der Waals surface area contributed by atoms with Gasteiger partial charge in [0.25, 0.3) is 0 Å². The summed E-state index contributed by atoms with van der Waals surface area (Å²) in [5.41, 5.74) is 0.670. The molecule has 0 aliphatic carbocycles. The van der Waals surface area contributed by atoms with Crippen LogP contribution in [0.25, 0.3) is 0 Å². The Balaban J connectivity index is 2.28. The van der Waals surface area contributed by atoms with Crippen LogP contribution in [0.2, 0.25) is 10.0 Å². The van der Waals surface area contributed by atoms with E-state index in [-0.39, 0.29) is 18.9 Å².